The standard InChI is InChI=1S/C18H28N2O4S/c1-20(18(21)17(19)12-5-7-24-8-6-12)11-13-9-14(22-2)15(23-3)10-16(13)25-4/h9-10,12,17H,5-8,11,19H2,1-4H3. The van der Waals surface area contributed by atoms with Gasteiger partial charge in [-0.15, -0.1) is 11.8 Å². The van der Waals surface area contributed by atoms with Crippen LogP contribution in [0.4, 0.5) is 0 Å². The molecular formula is C18H28N2O4S. The van der Waals surface area contributed by atoms with Gasteiger partial charge in [-0.25, -0.2) is 0 Å². The van der Waals surface area contributed by atoms with Crippen molar-refractivity contribution in [2.75, 3.05) is 40.7 Å². The number of rotatable bonds is 7. The van der Waals surface area contributed by atoms with E-state index in [9.17, 15) is 4.79 Å². The number of ether oxygens (including phenoxy) is 3. The van der Waals surface area contributed by atoms with Crippen molar-refractivity contribution in [3.63, 3.8) is 0 Å². The Morgan fingerprint density at radius 2 is 1.92 bits per heavy atom. The van der Waals surface area contributed by atoms with Gasteiger partial charge in [0.05, 0.1) is 20.3 Å². The summed E-state index contributed by atoms with van der Waals surface area (Å²) in [5, 5.41) is 0. The predicted octanol–water partition coefficient (Wildman–Crippen LogP) is 2.14. The first-order valence-corrected chi connectivity index (χ1v) is 9.61. The van der Waals surface area contributed by atoms with Crippen LogP contribution in [-0.4, -0.2) is 57.6 Å². The normalized spacial score (nSPS) is 16.4. The highest BCUT2D eigenvalue weighted by Gasteiger charge is 2.29. The molecule has 0 aliphatic carbocycles. The highest BCUT2D eigenvalue weighted by molar-refractivity contribution is 7.98. The van der Waals surface area contributed by atoms with Gasteiger partial charge >= 0.3 is 0 Å². The van der Waals surface area contributed by atoms with E-state index in [-0.39, 0.29) is 11.8 Å². The molecular weight excluding hydrogens is 340 g/mol. The number of thioether (sulfide) groups is 1. The molecule has 1 aromatic rings. The number of nitrogens with two attached hydrogens (primary N) is 1. The summed E-state index contributed by atoms with van der Waals surface area (Å²) in [6.45, 7) is 1.84. The molecule has 1 unspecified atom stereocenters. The zero-order chi connectivity index (χ0) is 18.4. The van der Waals surface area contributed by atoms with Gasteiger partial charge in [0.25, 0.3) is 0 Å². The quantitative estimate of drug-likeness (QED) is 0.744. The van der Waals surface area contributed by atoms with Crippen LogP contribution in [0.25, 0.3) is 0 Å². The number of amides is 1. The molecule has 0 spiro atoms. The zero-order valence-corrected chi connectivity index (χ0v) is 16.2. The van der Waals surface area contributed by atoms with Gasteiger partial charge in [0.2, 0.25) is 5.91 Å². The molecule has 1 fully saturated rings. The Bertz CT molecular complexity index is 591. The molecule has 1 amide bonds. The smallest absolute Gasteiger partial charge is 0.239 e. The Hall–Kier alpha value is -1.44. The summed E-state index contributed by atoms with van der Waals surface area (Å²) in [5.74, 6) is 1.50. The largest absolute Gasteiger partial charge is 0.493 e. The monoisotopic (exact) mass is 368 g/mol. The molecule has 7 heteroatoms. The maximum Gasteiger partial charge on any atom is 0.239 e. The number of benzene rings is 1. The average molecular weight is 368 g/mol. The molecule has 140 valence electrons. The van der Waals surface area contributed by atoms with E-state index >= 15 is 0 Å². The van der Waals surface area contributed by atoms with E-state index in [0.29, 0.717) is 31.3 Å². The van der Waals surface area contributed by atoms with Crippen LogP contribution in [-0.2, 0) is 16.1 Å². The second kappa shape index (κ2) is 9.31. The second-order valence-corrected chi connectivity index (χ2v) is 7.04. The maximum absolute atomic E-state index is 12.7. The van der Waals surface area contributed by atoms with Gasteiger partial charge < -0.3 is 24.8 Å². The van der Waals surface area contributed by atoms with Gasteiger partial charge in [0.1, 0.15) is 0 Å². The van der Waals surface area contributed by atoms with Crippen LogP contribution in [0.3, 0.4) is 0 Å². The maximum atomic E-state index is 12.7. The van der Waals surface area contributed by atoms with Crippen LogP contribution in [0.5, 0.6) is 11.5 Å². The van der Waals surface area contributed by atoms with Gasteiger partial charge in [0.15, 0.2) is 11.5 Å². The van der Waals surface area contributed by atoms with E-state index < -0.39 is 6.04 Å². The number of hydrogen-bond donors (Lipinski definition) is 1. The number of carbonyl (C=O) groups is 1. The number of likely N-dealkylation sites (N-methyl/N-ethyl adjacent to an activating group) is 1. The summed E-state index contributed by atoms with van der Waals surface area (Å²) in [5.41, 5.74) is 7.24. The molecule has 0 radical (unpaired) electrons. The van der Waals surface area contributed by atoms with E-state index in [1.807, 2.05) is 18.4 Å². The van der Waals surface area contributed by atoms with Gasteiger partial charge in [-0.2, -0.15) is 0 Å². The summed E-state index contributed by atoms with van der Waals surface area (Å²) in [4.78, 5) is 15.5. The van der Waals surface area contributed by atoms with E-state index in [2.05, 4.69) is 0 Å². The van der Waals surface area contributed by atoms with Crippen molar-refractivity contribution in [1.29, 1.82) is 0 Å². The van der Waals surface area contributed by atoms with E-state index in [0.717, 1.165) is 23.3 Å². The summed E-state index contributed by atoms with van der Waals surface area (Å²) < 4.78 is 16.1. The second-order valence-electron chi connectivity index (χ2n) is 6.19. The molecule has 0 bridgehead atoms. The molecule has 1 heterocycles. The minimum Gasteiger partial charge on any atom is -0.493 e. The SMILES string of the molecule is COc1cc(CN(C)C(=O)C(N)C2CCOCC2)c(SC)cc1OC. The number of nitrogens with zero attached hydrogens (tertiary/aromatic N) is 1. The van der Waals surface area contributed by atoms with Gasteiger partial charge in [-0.3, -0.25) is 4.79 Å². The molecule has 6 nitrogen and oxygen atoms in total. The Kier molecular flexibility index (Phi) is 7.40. The van der Waals surface area contributed by atoms with Gasteiger partial charge in [0, 0.05) is 31.7 Å². The van der Waals surface area contributed by atoms with Gasteiger partial charge in [-0.05, 0) is 42.7 Å². The Balaban J connectivity index is 2.12. The van der Waals surface area contributed by atoms with Crippen molar-refractivity contribution in [2.24, 2.45) is 11.7 Å². The summed E-state index contributed by atoms with van der Waals surface area (Å²) >= 11 is 1.61. The van der Waals surface area contributed by atoms with Crippen LogP contribution in [0.1, 0.15) is 18.4 Å². The molecule has 1 aliphatic rings. The highest BCUT2D eigenvalue weighted by Crippen LogP contribution is 2.35. The molecule has 1 saturated heterocycles. The van der Waals surface area contributed by atoms with Crippen LogP contribution >= 0.6 is 11.8 Å². The first-order valence-electron chi connectivity index (χ1n) is 8.39. The summed E-state index contributed by atoms with van der Waals surface area (Å²) in [7, 11) is 5.02. The van der Waals surface area contributed by atoms with Crippen LogP contribution in [0, 0.1) is 5.92 Å². The number of methoxy groups -OCH3 is 2. The van der Waals surface area contributed by atoms with Crippen molar-refractivity contribution >= 4 is 17.7 Å². The van der Waals surface area contributed by atoms with E-state index in [4.69, 9.17) is 19.9 Å². The Morgan fingerprint density at radius 3 is 2.48 bits per heavy atom. The van der Waals surface area contributed by atoms with E-state index in [1.165, 1.54) is 0 Å². The molecule has 0 aromatic heterocycles. The third-order valence-electron chi connectivity index (χ3n) is 4.63. The minimum absolute atomic E-state index is 0.0336. The third kappa shape index (κ3) is 4.80. The lowest BCUT2D eigenvalue weighted by Gasteiger charge is -2.30. The minimum atomic E-state index is -0.480. The predicted molar refractivity (Wildman–Crippen MR) is 99.3 cm³/mol. The molecule has 2 rings (SSSR count). The molecule has 0 saturated carbocycles. The topological polar surface area (TPSA) is 74.0 Å². The Labute approximate surface area is 154 Å². The lowest BCUT2D eigenvalue weighted by molar-refractivity contribution is -0.134. The summed E-state index contributed by atoms with van der Waals surface area (Å²) in [6.07, 6.45) is 3.68. The van der Waals surface area contributed by atoms with Crippen molar-refractivity contribution in [1.82, 2.24) is 4.90 Å². The van der Waals surface area contributed by atoms with Crippen LogP contribution in [0.2, 0.25) is 0 Å². The fourth-order valence-electron chi connectivity index (χ4n) is 3.08. The van der Waals surface area contributed by atoms with Crippen LogP contribution < -0.4 is 15.2 Å². The lowest BCUT2D eigenvalue weighted by Crippen LogP contribution is -2.47. The molecule has 25 heavy (non-hydrogen) atoms. The number of carbonyl (C=O) groups excluding carboxylic acids is 1. The third-order valence-corrected chi connectivity index (χ3v) is 5.45. The summed E-state index contributed by atoms with van der Waals surface area (Å²) in [6, 6.07) is 3.39. The fraction of sp³-hybridized carbons (Fsp3) is 0.611. The fourth-order valence-corrected chi connectivity index (χ4v) is 3.69. The van der Waals surface area contributed by atoms with E-state index in [1.54, 1.807) is 37.9 Å². The van der Waals surface area contributed by atoms with Gasteiger partial charge in [-0.1, -0.05) is 0 Å². The first-order chi connectivity index (χ1) is 12.0. The zero-order valence-electron chi connectivity index (χ0n) is 15.4. The lowest BCUT2D eigenvalue weighted by atomic mass is 9.91. The molecule has 1 aromatic carbocycles. The first kappa shape index (κ1) is 19.9. The number of hydrogen-bond acceptors (Lipinski definition) is 6. The highest BCUT2D eigenvalue weighted by atomic mass is 32.2. The molecule has 1 atom stereocenters. The molecule has 1 aliphatic heterocycles. The van der Waals surface area contributed by atoms with Crippen LogP contribution in [0.15, 0.2) is 17.0 Å². The van der Waals surface area contributed by atoms with Crippen molar-refractivity contribution < 1.29 is 19.0 Å². The van der Waals surface area contributed by atoms with Crippen molar-refractivity contribution in [3.8, 4) is 11.5 Å². The van der Waals surface area contributed by atoms with Crippen molar-refractivity contribution in [2.45, 2.75) is 30.3 Å². The average Bonchev–Trinajstić information content (AvgIpc) is 2.66. The van der Waals surface area contributed by atoms with Crippen molar-refractivity contribution in [3.05, 3.63) is 17.7 Å². The molecule has 2 N–H and O–H groups in total. The Morgan fingerprint density at radius 1 is 1.32 bits per heavy atom.